The summed E-state index contributed by atoms with van der Waals surface area (Å²) in [5.74, 6) is 2.08. The van der Waals surface area contributed by atoms with Crippen LogP contribution in [-0.2, 0) is 7.05 Å². The SMILES string of the molecule is CCOc1cc(-c2ccc3c(cnn3C)c2)cc2c(NC)nc(-c3cccnc3)nc12. The number of rotatable bonds is 5. The zero-order valence-electron chi connectivity index (χ0n) is 17.6. The van der Waals surface area contributed by atoms with Crippen LogP contribution in [0.4, 0.5) is 5.82 Å². The van der Waals surface area contributed by atoms with Gasteiger partial charge in [0, 0.05) is 42.8 Å². The maximum absolute atomic E-state index is 6.01. The number of pyridine rings is 1. The number of nitrogens with zero attached hydrogens (tertiary/aromatic N) is 5. The summed E-state index contributed by atoms with van der Waals surface area (Å²) < 4.78 is 7.89. The van der Waals surface area contributed by atoms with Gasteiger partial charge in [-0.1, -0.05) is 6.07 Å². The molecule has 0 unspecified atom stereocenters. The minimum atomic E-state index is 0.543. The highest BCUT2D eigenvalue weighted by atomic mass is 16.5. The number of hydrogen-bond donors (Lipinski definition) is 1. The van der Waals surface area contributed by atoms with Gasteiger partial charge >= 0.3 is 0 Å². The molecule has 5 aromatic rings. The Morgan fingerprint density at radius 3 is 2.68 bits per heavy atom. The smallest absolute Gasteiger partial charge is 0.163 e. The Morgan fingerprint density at radius 2 is 1.90 bits per heavy atom. The van der Waals surface area contributed by atoms with Gasteiger partial charge in [0.2, 0.25) is 0 Å². The molecule has 154 valence electrons. The molecule has 1 N–H and O–H groups in total. The molecule has 0 aliphatic carbocycles. The second kappa shape index (κ2) is 7.68. The molecule has 0 fully saturated rings. The quantitative estimate of drug-likeness (QED) is 0.453. The summed E-state index contributed by atoms with van der Waals surface area (Å²) in [5, 5.41) is 9.57. The van der Waals surface area contributed by atoms with E-state index in [1.807, 2.05) is 50.1 Å². The molecule has 0 spiro atoms. The third-order valence-corrected chi connectivity index (χ3v) is 5.30. The average molecular weight is 410 g/mol. The number of benzene rings is 2. The number of ether oxygens (including phenoxy) is 1. The maximum atomic E-state index is 6.01. The Kier molecular flexibility index (Phi) is 4.71. The molecule has 7 nitrogen and oxygen atoms in total. The summed E-state index contributed by atoms with van der Waals surface area (Å²) in [6.45, 7) is 2.52. The highest BCUT2D eigenvalue weighted by Gasteiger charge is 2.16. The number of nitrogens with one attached hydrogen (secondary N) is 1. The van der Waals surface area contributed by atoms with Gasteiger partial charge in [0.15, 0.2) is 5.82 Å². The molecule has 0 saturated heterocycles. The number of fused-ring (bicyclic) bond motifs is 2. The molecule has 2 aromatic carbocycles. The molecule has 0 saturated carbocycles. The first-order valence-electron chi connectivity index (χ1n) is 10.2. The molecule has 0 radical (unpaired) electrons. The predicted octanol–water partition coefficient (Wildman–Crippen LogP) is 4.69. The van der Waals surface area contributed by atoms with Gasteiger partial charge in [0.1, 0.15) is 17.1 Å². The lowest BCUT2D eigenvalue weighted by molar-refractivity contribution is 0.344. The third kappa shape index (κ3) is 3.34. The number of aromatic nitrogens is 5. The second-order valence-electron chi connectivity index (χ2n) is 7.23. The lowest BCUT2D eigenvalue weighted by Gasteiger charge is -2.14. The van der Waals surface area contributed by atoms with Crippen molar-refractivity contribution < 1.29 is 4.74 Å². The van der Waals surface area contributed by atoms with E-state index in [1.54, 1.807) is 12.4 Å². The zero-order chi connectivity index (χ0) is 21.4. The van der Waals surface area contributed by atoms with Crippen molar-refractivity contribution in [3.63, 3.8) is 0 Å². The summed E-state index contributed by atoms with van der Waals surface area (Å²) in [4.78, 5) is 13.8. The minimum absolute atomic E-state index is 0.543. The maximum Gasteiger partial charge on any atom is 0.163 e. The molecule has 0 atom stereocenters. The Balaban J connectivity index is 1.74. The normalized spacial score (nSPS) is 11.2. The molecule has 0 aliphatic rings. The Hall–Kier alpha value is -4.00. The van der Waals surface area contributed by atoms with E-state index in [9.17, 15) is 0 Å². The summed E-state index contributed by atoms with van der Waals surface area (Å²) in [6.07, 6.45) is 5.38. The van der Waals surface area contributed by atoms with Crippen molar-refractivity contribution in [3.05, 3.63) is 61.1 Å². The summed E-state index contributed by atoms with van der Waals surface area (Å²) in [7, 11) is 3.81. The van der Waals surface area contributed by atoms with Crippen molar-refractivity contribution in [2.24, 2.45) is 7.05 Å². The van der Waals surface area contributed by atoms with Crippen LogP contribution in [0.25, 0.3) is 44.3 Å². The Bertz CT molecular complexity index is 1390. The summed E-state index contributed by atoms with van der Waals surface area (Å²) in [6, 6.07) is 14.3. The van der Waals surface area contributed by atoms with Crippen LogP contribution in [0.1, 0.15) is 6.92 Å². The lowest BCUT2D eigenvalue weighted by Crippen LogP contribution is -2.02. The molecule has 0 aliphatic heterocycles. The average Bonchev–Trinajstić information content (AvgIpc) is 3.19. The fourth-order valence-electron chi connectivity index (χ4n) is 3.79. The van der Waals surface area contributed by atoms with Gasteiger partial charge in [-0.25, -0.2) is 9.97 Å². The van der Waals surface area contributed by atoms with E-state index in [4.69, 9.17) is 14.7 Å². The zero-order valence-corrected chi connectivity index (χ0v) is 17.6. The third-order valence-electron chi connectivity index (χ3n) is 5.30. The van der Waals surface area contributed by atoms with Crippen LogP contribution in [0.2, 0.25) is 0 Å². The van der Waals surface area contributed by atoms with Crippen molar-refractivity contribution in [2.75, 3.05) is 19.0 Å². The van der Waals surface area contributed by atoms with E-state index in [0.29, 0.717) is 12.4 Å². The first-order valence-corrected chi connectivity index (χ1v) is 10.2. The van der Waals surface area contributed by atoms with Gasteiger partial charge in [-0.3, -0.25) is 9.67 Å². The molecular formula is C24H22N6O. The first kappa shape index (κ1) is 19.0. The van der Waals surface area contributed by atoms with E-state index in [-0.39, 0.29) is 0 Å². The van der Waals surface area contributed by atoms with Crippen molar-refractivity contribution >= 4 is 27.6 Å². The Morgan fingerprint density at radius 1 is 1.00 bits per heavy atom. The van der Waals surface area contributed by atoms with Crippen LogP contribution < -0.4 is 10.1 Å². The van der Waals surface area contributed by atoms with E-state index in [2.05, 4.69) is 39.7 Å². The van der Waals surface area contributed by atoms with E-state index < -0.39 is 0 Å². The van der Waals surface area contributed by atoms with Crippen molar-refractivity contribution in [2.45, 2.75) is 6.92 Å². The monoisotopic (exact) mass is 410 g/mol. The van der Waals surface area contributed by atoms with Gasteiger partial charge in [-0.2, -0.15) is 5.10 Å². The van der Waals surface area contributed by atoms with Crippen LogP contribution >= 0.6 is 0 Å². The number of hydrogen-bond acceptors (Lipinski definition) is 6. The van der Waals surface area contributed by atoms with Gasteiger partial charge < -0.3 is 10.1 Å². The fourth-order valence-corrected chi connectivity index (χ4v) is 3.79. The predicted molar refractivity (Wildman–Crippen MR) is 123 cm³/mol. The molecule has 31 heavy (non-hydrogen) atoms. The van der Waals surface area contributed by atoms with Gasteiger partial charge in [0.05, 0.1) is 18.3 Å². The molecule has 0 bridgehead atoms. The standard InChI is InChI=1S/C24H22N6O/c1-4-31-21-12-17(15-7-8-20-18(10-15)14-27-30(20)3)11-19-22(21)28-23(29-24(19)25-2)16-6-5-9-26-13-16/h5-14H,4H2,1-3H3,(H,25,28,29). The van der Waals surface area contributed by atoms with Gasteiger partial charge in [-0.05, 0) is 54.4 Å². The Labute approximate surface area is 179 Å². The van der Waals surface area contributed by atoms with Crippen molar-refractivity contribution in [1.29, 1.82) is 0 Å². The molecule has 7 heteroatoms. The van der Waals surface area contributed by atoms with Crippen molar-refractivity contribution in [3.8, 4) is 28.3 Å². The highest BCUT2D eigenvalue weighted by molar-refractivity contribution is 5.98. The summed E-state index contributed by atoms with van der Waals surface area (Å²) >= 11 is 0. The van der Waals surface area contributed by atoms with Crippen molar-refractivity contribution in [1.82, 2.24) is 24.7 Å². The van der Waals surface area contributed by atoms with E-state index in [1.165, 1.54) is 0 Å². The van der Waals surface area contributed by atoms with E-state index in [0.717, 1.165) is 50.1 Å². The molecule has 5 rings (SSSR count). The lowest BCUT2D eigenvalue weighted by atomic mass is 10.0. The molecular weight excluding hydrogens is 388 g/mol. The van der Waals surface area contributed by atoms with Crippen LogP contribution in [0.3, 0.4) is 0 Å². The molecule has 0 amide bonds. The first-order chi connectivity index (χ1) is 15.2. The largest absolute Gasteiger partial charge is 0.492 e. The number of aryl methyl sites for hydroxylation is 1. The van der Waals surface area contributed by atoms with Gasteiger partial charge in [-0.15, -0.1) is 0 Å². The highest BCUT2D eigenvalue weighted by Crippen LogP contribution is 2.36. The molecule has 3 aromatic heterocycles. The topological polar surface area (TPSA) is 77.8 Å². The van der Waals surface area contributed by atoms with Gasteiger partial charge in [0.25, 0.3) is 0 Å². The second-order valence-corrected chi connectivity index (χ2v) is 7.23. The minimum Gasteiger partial charge on any atom is -0.492 e. The van der Waals surface area contributed by atoms with Crippen LogP contribution in [0.15, 0.2) is 61.1 Å². The fraction of sp³-hybridized carbons (Fsp3) is 0.167. The molecule has 3 heterocycles. The number of anilines is 1. The summed E-state index contributed by atoms with van der Waals surface area (Å²) in [5.41, 5.74) is 4.84. The van der Waals surface area contributed by atoms with Crippen LogP contribution in [-0.4, -0.2) is 38.4 Å². The van der Waals surface area contributed by atoms with E-state index >= 15 is 0 Å². The van der Waals surface area contributed by atoms with Crippen LogP contribution in [0.5, 0.6) is 5.75 Å². The van der Waals surface area contributed by atoms with Crippen LogP contribution in [0, 0.1) is 0 Å².